The van der Waals surface area contributed by atoms with Gasteiger partial charge in [0.25, 0.3) is 0 Å². The van der Waals surface area contributed by atoms with Gasteiger partial charge in [-0.15, -0.1) is 0 Å². The van der Waals surface area contributed by atoms with E-state index in [1.165, 1.54) is 6.07 Å². The van der Waals surface area contributed by atoms with Crippen molar-refractivity contribution in [1.82, 2.24) is 10.2 Å². The molecule has 1 aromatic heterocycles. The molecule has 1 heterocycles. The Morgan fingerprint density at radius 3 is 2.65 bits per heavy atom. The van der Waals surface area contributed by atoms with E-state index in [-0.39, 0.29) is 18.0 Å². The molecule has 0 bridgehead atoms. The maximum atomic E-state index is 11.1. The molecule has 0 saturated carbocycles. The fraction of sp³-hybridized carbons (Fsp3) is 0.455. The van der Waals surface area contributed by atoms with Gasteiger partial charge in [-0.2, -0.15) is 0 Å². The number of amides is 1. The van der Waals surface area contributed by atoms with Crippen molar-refractivity contribution in [1.29, 1.82) is 0 Å². The number of likely N-dealkylation sites (N-methyl/N-ethyl adjacent to an activating group) is 2. The van der Waals surface area contributed by atoms with Gasteiger partial charge in [-0.1, -0.05) is 0 Å². The van der Waals surface area contributed by atoms with Gasteiger partial charge in [0.2, 0.25) is 5.91 Å². The van der Waals surface area contributed by atoms with Crippen LogP contribution in [0.3, 0.4) is 0 Å². The van der Waals surface area contributed by atoms with Gasteiger partial charge in [0.1, 0.15) is 17.1 Å². The predicted molar refractivity (Wildman–Crippen MR) is 60.8 cm³/mol. The molecule has 0 aliphatic rings. The number of carbonyl (C=O) groups is 2. The number of nitrogens with one attached hydrogen (secondary N) is 1. The van der Waals surface area contributed by atoms with Crippen LogP contribution in [0.5, 0.6) is 0 Å². The molecule has 2 N–H and O–H groups in total. The van der Waals surface area contributed by atoms with Crippen LogP contribution < -0.4 is 5.32 Å². The summed E-state index contributed by atoms with van der Waals surface area (Å²) in [6, 6.07) is 1.48. The number of furan rings is 1. The molecule has 0 radical (unpaired) electrons. The normalized spacial score (nSPS) is 10.6. The highest BCUT2D eigenvalue weighted by Crippen LogP contribution is 2.15. The number of hydrogen-bond donors (Lipinski definition) is 2. The Morgan fingerprint density at radius 1 is 1.53 bits per heavy atom. The van der Waals surface area contributed by atoms with Crippen LogP contribution >= 0.6 is 0 Å². The summed E-state index contributed by atoms with van der Waals surface area (Å²) in [6.45, 7) is 2.23. The largest absolute Gasteiger partial charge is 0.478 e. The fourth-order valence-corrected chi connectivity index (χ4v) is 1.48. The highest BCUT2D eigenvalue weighted by Gasteiger charge is 2.15. The second-order valence-electron chi connectivity index (χ2n) is 3.83. The van der Waals surface area contributed by atoms with Gasteiger partial charge in [0.15, 0.2) is 0 Å². The first kappa shape index (κ1) is 13.2. The van der Waals surface area contributed by atoms with E-state index in [1.54, 1.807) is 25.9 Å². The van der Waals surface area contributed by atoms with Crippen LogP contribution in [-0.4, -0.2) is 42.5 Å². The first-order chi connectivity index (χ1) is 7.93. The molecule has 0 aliphatic carbocycles. The van der Waals surface area contributed by atoms with Gasteiger partial charge in [-0.05, 0) is 20.0 Å². The van der Waals surface area contributed by atoms with Gasteiger partial charge >= 0.3 is 5.97 Å². The molecule has 6 heteroatoms. The zero-order valence-electron chi connectivity index (χ0n) is 10.1. The quantitative estimate of drug-likeness (QED) is 0.781. The summed E-state index contributed by atoms with van der Waals surface area (Å²) in [6.07, 6.45) is 0. The zero-order valence-corrected chi connectivity index (χ0v) is 10.1. The number of aryl methyl sites for hydroxylation is 1. The van der Waals surface area contributed by atoms with E-state index in [9.17, 15) is 9.59 Å². The minimum Gasteiger partial charge on any atom is -0.478 e. The maximum absolute atomic E-state index is 11.1. The van der Waals surface area contributed by atoms with Crippen molar-refractivity contribution in [3.05, 3.63) is 23.2 Å². The number of carboxylic acids is 1. The Labute approximate surface area is 99.2 Å². The highest BCUT2D eigenvalue weighted by molar-refractivity contribution is 5.88. The van der Waals surface area contributed by atoms with Crippen LogP contribution in [0.4, 0.5) is 0 Å². The molecule has 17 heavy (non-hydrogen) atoms. The Bertz CT molecular complexity index is 425. The van der Waals surface area contributed by atoms with E-state index < -0.39 is 5.97 Å². The fourth-order valence-electron chi connectivity index (χ4n) is 1.48. The molecule has 0 saturated heterocycles. The van der Waals surface area contributed by atoms with E-state index in [1.807, 2.05) is 0 Å². The smallest absolute Gasteiger partial charge is 0.339 e. The lowest BCUT2D eigenvalue weighted by molar-refractivity contribution is -0.121. The van der Waals surface area contributed by atoms with E-state index in [0.717, 1.165) is 0 Å². The summed E-state index contributed by atoms with van der Waals surface area (Å²) in [5, 5.41) is 11.4. The molecule has 1 rings (SSSR count). The second kappa shape index (κ2) is 5.49. The summed E-state index contributed by atoms with van der Waals surface area (Å²) in [5.74, 6) is -0.201. The van der Waals surface area contributed by atoms with Gasteiger partial charge in [0, 0.05) is 7.05 Å². The zero-order chi connectivity index (χ0) is 13.0. The van der Waals surface area contributed by atoms with Crippen LogP contribution in [-0.2, 0) is 11.3 Å². The lowest BCUT2D eigenvalue weighted by atomic mass is 10.2. The third kappa shape index (κ3) is 3.60. The minimum atomic E-state index is -1.01. The summed E-state index contributed by atoms with van der Waals surface area (Å²) in [4.78, 5) is 23.7. The Balaban J connectivity index is 2.66. The number of nitrogens with zero attached hydrogens (tertiary/aromatic N) is 1. The molecule has 94 valence electrons. The molecular formula is C11H16N2O4. The van der Waals surface area contributed by atoms with Crippen molar-refractivity contribution >= 4 is 11.9 Å². The molecule has 0 aromatic carbocycles. The Hall–Kier alpha value is -1.82. The van der Waals surface area contributed by atoms with Gasteiger partial charge in [-0.25, -0.2) is 4.79 Å². The lowest BCUT2D eigenvalue weighted by Crippen LogP contribution is -2.32. The van der Waals surface area contributed by atoms with E-state index >= 15 is 0 Å². The summed E-state index contributed by atoms with van der Waals surface area (Å²) in [7, 11) is 3.32. The summed E-state index contributed by atoms with van der Waals surface area (Å²) < 4.78 is 5.31. The van der Waals surface area contributed by atoms with Crippen LogP contribution in [0, 0.1) is 6.92 Å². The standard InChI is InChI=1S/C11H16N2O4/c1-7-9(11(15)16)4-8(17-7)5-13(3)6-10(14)12-2/h4H,5-6H2,1-3H3,(H,12,14)(H,15,16). The molecule has 1 amide bonds. The van der Waals surface area contributed by atoms with Crippen LogP contribution in [0.2, 0.25) is 0 Å². The monoisotopic (exact) mass is 240 g/mol. The van der Waals surface area contributed by atoms with Crippen molar-refractivity contribution in [3.63, 3.8) is 0 Å². The number of aromatic carboxylic acids is 1. The van der Waals surface area contributed by atoms with E-state index in [0.29, 0.717) is 18.1 Å². The third-order valence-electron chi connectivity index (χ3n) is 2.32. The van der Waals surface area contributed by atoms with E-state index in [4.69, 9.17) is 9.52 Å². The van der Waals surface area contributed by atoms with Crippen molar-refractivity contribution in [2.24, 2.45) is 0 Å². The second-order valence-corrected chi connectivity index (χ2v) is 3.83. The van der Waals surface area contributed by atoms with Gasteiger partial charge in [0.05, 0.1) is 13.1 Å². The minimum absolute atomic E-state index is 0.103. The van der Waals surface area contributed by atoms with Crippen molar-refractivity contribution < 1.29 is 19.1 Å². The molecule has 6 nitrogen and oxygen atoms in total. The summed E-state index contributed by atoms with van der Waals surface area (Å²) >= 11 is 0. The first-order valence-corrected chi connectivity index (χ1v) is 5.15. The lowest BCUT2D eigenvalue weighted by Gasteiger charge is -2.13. The van der Waals surface area contributed by atoms with Crippen molar-refractivity contribution in [3.8, 4) is 0 Å². The van der Waals surface area contributed by atoms with Gasteiger partial charge < -0.3 is 14.8 Å². The number of hydrogen-bond acceptors (Lipinski definition) is 4. The number of rotatable bonds is 5. The topological polar surface area (TPSA) is 82.8 Å². The van der Waals surface area contributed by atoms with Crippen LogP contribution in [0.1, 0.15) is 21.9 Å². The average molecular weight is 240 g/mol. The Morgan fingerprint density at radius 2 is 2.18 bits per heavy atom. The molecule has 1 aromatic rings. The highest BCUT2D eigenvalue weighted by atomic mass is 16.4. The molecule has 0 spiro atoms. The van der Waals surface area contributed by atoms with Crippen LogP contribution in [0.15, 0.2) is 10.5 Å². The number of carbonyl (C=O) groups excluding carboxylic acids is 1. The molecule has 0 atom stereocenters. The van der Waals surface area contributed by atoms with Crippen molar-refractivity contribution in [2.75, 3.05) is 20.6 Å². The Kier molecular flexibility index (Phi) is 4.28. The predicted octanol–water partition coefficient (Wildman–Crippen LogP) is 0.464. The molecule has 0 fully saturated rings. The average Bonchev–Trinajstić information content (AvgIpc) is 2.59. The first-order valence-electron chi connectivity index (χ1n) is 5.15. The van der Waals surface area contributed by atoms with E-state index in [2.05, 4.69) is 5.32 Å². The molecular weight excluding hydrogens is 224 g/mol. The number of carboxylic acid groups (broad SMARTS) is 1. The SMILES string of the molecule is CNC(=O)CN(C)Cc1cc(C(=O)O)c(C)o1. The molecule has 0 aliphatic heterocycles. The third-order valence-corrected chi connectivity index (χ3v) is 2.32. The van der Waals surface area contributed by atoms with Crippen LogP contribution in [0.25, 0.3) is 0 Å². The maximum Gasteiger partial charge on any atom is 0.339 e. The van der Waals surface area contributed by atoms with Gasteiger partial charge in [-0.3, -0.25) is 9.69 Å². The summed E-state index contributed by atoms with van der Waals surface area (Å²) in [5.41, 5.74) is 0.161. The molecule has 0 unspecified atom stereocenters. The van der Waals surface area contributed by atoms with Crippen molar-refractivity contribution in [2.45, 2.75) is 13.5 Å².